The summed E-state index contributed by atoms with van der Waals surface area (Å²) in [7, 11) is 0. The molecule has 1 aromatic carbocycles. The van der Waals surface area contributed by atoms with Crippen molar-refractivity contribution in [2.75, 3.05) is 32.8 Å². The zero-order valence-electron chi connectivity index (χ0n) is 13.9. The molecule has 1 fully saturated rings. The standard InChI is InChI=1S/C17H20BrN3O4/c1-2-25-17(24)21-7-5-20(6-8-21)15(16(22)23)13-10-19-14-4-3-11(18)9-12(13)14/h3-4,9-10,15,19H,2,5-8H2,1H3,(H,22,23)/t15-/m1/s1. The van der Waals surface area contributed by atoms with Gasteiger partial charge in [0.1, 0.15) is 6.04 Å². The van der Waals surface area contributed by atoms with Crippen molar-refractivity contribution in [3.63, 3.8) is 0 Å². The first-order valence-electron chi connectivity index (χ1n) is 8.16. The third kappa shape index (κ3) is 3.64. The Balaban J connectivity index is 1.82. The number of benzene rings is 1. The van der Waals surface area contributed by atoms with Crippen molar-refractivity contribution in [3.8, 4) is 0 Å². The Bertz CT molecular complexity index is 783. The van der Waals surface area contributed by atoms with Crippen LogP contribution < -0.4 is 0 Å². The molecule has 0 spiro atoms. The molecular formula is C17H20BrN3O4. The third-order valence-corrected chi connectivity index (χ3v) is 4.90. The smallest absolute Gasteiger partial charge is 0.409 e. The van der Waals surface area contributed by atoms with Crippen molar-refractivity contribution in [1.82, 2.24) is 14.8 Å². The highest BCUT2D eigenvalue weighted by Crippen LogP contribution is 2.31. The molecule has 0 radical (unpaired) electrons. The number of hydrogen-bond donors (Lipinski definition) is 2. The molecule has 0 aliphatic carbocycles. The largest absolute Gasteiger partial charge is 0.480 e. The lowest BCUT2D eigenvalue weighted by atomic mass is 10.0. The molecule has 0 bridgehead atoms. The van der Waals surface area contributed by atoms with E-state index in [0.29, 0.717) is 32.8 Å². The van der Waals surface area contributed by atoms with Crippen LogP contribution in [-0.4, -0.2) is 64.7 Å². The molecule has 2 N–H and O–H groups in total. The molecule has 134 valence electrons. The van der Waals surface area contributed by atoms with E-state index >= 15 is 0 Å². The summed E-state index contributed by atoms with van der Waals surface area (Å²) < 4.78 is 5.91. The van der Waals surface area contributed by atoms with Gasteiger partial charge in [0.25, 0.3) is 0 Å². The van der Waals surface area contributed by atoms with Crippen LogP contribution in [0, 0.1) is 0 Å². The lowest BCUT2D eigenvalue weighted by Gasteiger charge is -2.37. The van der Waals surface area contributed by atoms with E-state index in [0.717, 1.165) is 20.9 Å². The van der Waals surface area contributed by atoms with Gasteiger partial charge in [-0.15, -0.1) is 0 Å². The second-order valence-electron chi connectivity index (χ2n) is 5.90. The number of aromatic amines is 1. The molecule has 2 aromatic rings. The van der Waals surface area contributed by atoms with Gasteiger partial charge in [0.15, 0.2) is 0 Å². The quantitative estimate of drug-likeness (QED) is 0.810. The maximum atomic E-state index is 12.0. The monoisotopic (exact) mass is 409 g/mol. The molecule has 1 atom stereocenters. The minimum Gasteiger partial charge on any atom is -0.480 e. The average molecular weight is 410 g/mol. The Morgan fingerprint density at radius 2 is 2.04 bits per heavy atom. The summed E-state index contributed by atoms with van der Waals surface area (Å²) in [5, 5.41) is 10.7. The van der Waals surface area contributed by atoms with Crippen molar-refractivity contribution < 1.29 is 19.4 Å². The van der Waals surface area contributed by atoms with Crippen LogP contribution in [0.15, 0.2) is 28.9 Å². The molecule has 3 rings (SSSR count). The summed E-state index contributed by atoms with van der Waals surface area (Å²) in [6, 6.07) is 5.00. The van der Waals surface area contributed by atoms with Crippen LogP contribution in [0.5, 0.6) is 0 Å². The van der Waals surface area contributed by atoms with E-state index in [9.17, 15) is 14.7 Å². The molecule has 1 aromatic heterocycles. The number of rotatable bonds is 4. The number of carboxylic acid groups (broad SMARTS) is 1. The summed E-state index contributed by atoms with van der Waals surface area (Å²) >= 11 is 3.44. The number of nitrogens with zero attached hydrogens (tertiary/aromatic N) is 2. The highest BCUT2D eigenvalue weighted by Gasteiger charge is 2.33. The van der Waals surface area contributed by atoms with E-state index in [1.807, 2.05) is 23.1 Å². The highest BCUT2D eigenvalue weighted by atomic mass is 79.9. The van der Waals surface area contributed by atoms with E-state index in [2.05, 4.69) is 20.9 Å². The lowest BCUT2D eigenvalue weighted by molar-refractivity contribution is -0.144. The number of nitrogens with one attached hydrogen (secondary N) is 1. The van der Waals surface area contributed by atoms with Gasteiger partial charge in [-0.25, -0.2) is 4.79 Å². The van der Waals surface area contributed by atoms with Gasteiger partial charge in [-0.3, -0.25) is 9.69 Å². The first kappa shape index (κ1) is 17.8. The number of ether oxygens (including phenoxy) is 1. The van der Waals surface area contributed by atoms with Gasteiger partial charge in [-0.05, 0) is 25.1 Å². The molecule has 1 aliphatic heterocycles. The van der Waals surface area contributed by atoms with Gasteiger partial charge in [0, 0.05) is 53.3 Å². The average Bonchev–Trinajstić information content (AvgIpc) is 2.98. The maximum Gasteiger partial charge on any atom is 0.409 e. The van der Waals surface area contributed by atoms with E-state index in [1.54, 1.807) is 18.0 Å². The number of halogens is 1. The summed E-state index contributed by atoms with van der Waals surface area (Å²) in [6.07, 6.45) is 1.42. The topological polar surface area (TPSA) is 85.9 Å². The molecular weight excluding hydrogens is 390 g/mol. The number of aromatic nitrogens is 1. The number of amides is 1. The van der Waals surface area contributed by atoms with Crippen LogP contribution in [0.4, 0.5) is 4.79 Å². The molecule has 0 saturated carbocycles. The Kier molecular flexibility index (Phi) is 5.29. The highest BCUT2D eigenvalue weighted by molar-refractivity contribution is 9.10. The number of carbonyl (C=O) groups is 2. The normalized spacial score (nSPS) is 16.8. The van der Waals surface area contributed by atoms with Gasteiger partial charge in [0.2, 0.25) is 0 Å². The van der Waals surface area contributed by atoms with E-state index in [4.69, 9.17) is 4.74 Å². The van der Waals surface area contributed by atoms with Crippen molar-refractivity contribution in [3.05, 3.63) is 34.4 Å². The zero-order chi connectivity index (χ0) is 18.0. The number of aliphatic carboxylic acids is 1. The molecule has 2 heterocycles. The Labute approximate surface area is 153 Å². The number of H-pyrrole nitrogens is 1. The fraction of sp³-hybridized carbons (Fsp3) is 0.412. The summed E-state index contributed by atoms with van der Waals surface area (Å²) in [5.74, 6) is -0.898. The van der Waals surface area contributed by atoms with Crippen LogP contribution >= 0.6 is 15.9 Å². The van der Waals surface area contributed by atoms with Crippen LogP contribution in [0.2, 0.25) is 0 Å². The lowest BCUT2D eigenvalue weighted by Crippen LogP contribution is -2.51. The Hall–Kier alpha value is -2.06. The first-order valence-corrected chi connectivity index (χ1v) is 8.95. The summed E-state index contributed by atoms with van der Waals surface area (Å²) in [4.78, 5) is 30.4. The fourth-order valence-electron chi connectivity index (χ4n) is 3.20. The molecule has 8 heteroatoms. The number of carboxylic acids is 1. The number of piperazine rings is 1. The van der Waals surface area contributed by atoms with Crippen LogP contribution in [0.25, 0.3) is 10.9 Å². The SMILES string of the molecule is CCOC(=O)N1CCN([C@@H](C(=O)O)c2c[nH]c3ccc(Br)cc23)CC1. The molecule has 1 saturated heterocycles. The zero-order valence-corrected chi connectivity index (χ0v) is 15.5. The van der Waals surface area contributed by atoms with Gasteiger partial charge < -0.3 is 19.7 Å². The van der Waals surface area contributed by atoms with Crippen LogP contribution in [0.3, 0.4) is 0 Å². The predicted molar refractivity (Wildman–Crippen MR) is 96.5 cm³/mol. The van der Waals surface area contributed by atoms with Crippen molar-refractivity contribution in [2.45, 2.75) is 13.0 Å². The number of hydrogen-bond acceptors (Lipinski definition) is 4. The Morgan fingerprint density at radius 1 is 1.32 bits per heavy atom. The molecule has 25 heavy (non-hydrogen) atoms. The van der Waals surface area contributed by atoms with Crippen molar-refractivity contribution in [1.29, 1.82) is 0 Å². The van der Waals surface area contributed by atoms with Crippen molar-refractivity contribution >= 4 is 38.9 Å². The number of fused-ring (bicyclic) bond motifs is 1. The minimum atomic E-state index is -0.898. The minimum absolute atomic E-state index is 0.334. The van der Waals surface area contributed by atoms with Gasteiger partial charge >= 0.3 is 12.1 Å². The van der Waals surface area contributed by atoms with Gasteiger partial charge in [-0.2, -0.15) is 0 Å². The first-order chi connectivity index (χ1) is 12.0. The molecule has 7 nitrogen and oxygen atoms in total. The predicted octanol–water partition coefficient (Wildman–Crippen LogP) is 2.83. The van der Waals surface area contributed by atoms with E-state index in [1.165, 1.54) is 0 Å². The maximum absolute atomic E-state index is 12.0. The van der Waals surface area contributed by atoms with Crippen LogP contribution in [-0.2, 0) is 9.53 Å². The van der Waals surface area contributed by atoms with Crippen LogP contribution in [0.1, 0.15) is 18.5 Å². The second kappa shape index (κ2) is 7.45. The third-order valence-electron chi connectivity index (χ3n) is 4.41. The van der Waals surface area contributed by atoms with Gasteiger partial charge in [0.05, 0.1) is 6.61 Å². The number of carbonyl (C=O) groups excluding carboxylic acids is 1. The van der Waals surface area contributed by atoms with Crippen molar-refractivity contribution in [2.24, 2.45) is 0 Å². The van der Waals surface area contributed by atoms with E-state index < -0.39 is 12.0 Å². The Morgan fingerprint density at radius 3 is 2.68 bits per heavy atom. The molecule has 1 aliphatic rings. The summed E-state index contributed by atoms with van der Waals surface area (Å²) in [6.45, 7) is 3.97. The summed E-state index contributed by atoms with van der Waals surface area (Å²) in [5.41, 5.74) is 1.63. The second-order valence-corrected chi connectivity index (χ2v) is 6.81. The van der Waals surface area contributed by atoms with E-state index in [-0.39, 0.29) is 6.09 Å². The fourth-order valence-corrected chi connectivity index (χ4v) is 3.57. The van der Waals surface area contributed by atoms with Gasteiger partial charge in [-0.1, -0.05) is 15.9 Å². The molecule has 1 amide bonds. The molecule has 0 unspecified atom stereocenters.